The number of fused-ring (bicyclic) bond motifs is 2. The van der Waals surface area contributed by atoms with Gasteiger partial charge < -0.3 is 5.32 Å². The lowest BCUT2D eigenvalue weighted by Gasteiger charge is -2.45. The fraction of sp³-hybridized carbons (Fsp3) is 0.417. The van der Waals surface area contributed by atoms with Gasteiger partial charge in [-0.25, -0.2) is 0 Å². The van der Waals surface area contributed by atoms with Crippen LogP contribution in [0, 0.1) is 0 Å². The van der Waals surface area contributed by atoms with Gasteiger partial charge in [-0.1, -0.05) is 24.6 Å². The van der Waals surface area contributed by atoms with Crippen molar-refractivity contribution in [1.82, 2.24) is 5.32 Å². The number of hydrogen-bond donors (Lipinski definition) is 1. The summed E-state index contributed by atoms with van der Waals surface area (Å²) in [7, 11) is 0. The van der Waals surface area contributed by atoms with E-state index in [2.05, 4.69) is 11.4 Å². The van der Waals surface area contributed by atoms with Crippen LogP contribution in [0.15, 0.2) is 24.3 Å². The Morgan fingerprint density at radius 3 is 2.71 bits per heavy atom. The number of rotatable bonds is 0. The average molecular weight is 187 g/mol. The molecule has 0 bridgehead atoms. The number of carbonyl (C=O) groups is 1. The highest BCUT2D eigenvalue weighted by atomic mass is 16.1. The van der Waals surface area contributed by atoms with E-state index in [1.54, 1.807) is 0 Å². The van der Waals surface area contributed by atoms with Crippen LogP contribution in [0.1, 0.15) is 35.2 Å². The summed E-state index contributed by atoms with van der Waals surface area (Å²) in [6.45, 7) is 0.836. The number of hydrogen-bond acceptors (Lipinski definition) is 1. The molecule has 0 atom stereocenters. The van der Waals surface area contributed by atoms with E-state index in [4.69, 9.17) is 0 Å². The van der Waals surface area contributed by atoms with E-state index in [9.17, 15) is 4.79 Å². The largest absolute Gasteiger partial charge is 0.351 e. The Bertz CT molecular complexity index is 393. The standard InChI is InChI=1S/C12H13NO/c14-11-9-4-1-2-5-10(9)12(8-13-11)6-3-7-12/h1-2,4-5H,3,6-8H2,(H,13,14). The van der Waals surface area contributed by atoms with Crippen molar-refractivity contribution in [2.45, 2.75) is 24.7 Å². The molecule has 2 heteroatoms. The average Bonchev–Trinajstić information content (AvgIpc) is 2.17. The van der Waals surface area contributed by atoms with Gasteiger partial charge in [-0.05, 0) is 24.5 Å². The van der Waals surface area contributed by atoms with Gasteiger partial charge in [0.25, 0.3) is 5.91 Å². The maximum atomic E-state index is 11.6. The quantitative estimate of drug-likeness (QED) is 0.660. The predicted octanol–water partition coefficient (Wildman–Crippen LogP) is 1.85. The molecular weight excluding hydrogens is 174 g/mol. The molecule has 1 aromatic rings. The summed E-state index contributed by atoms with van der Waals surface area (Å²) in [6, 6.07) is 8.03. The molecular formula is C12H13NO. The van der Waals surface area contributed by atoms with E-state index < -0.39 is 0 Å². The minimum absolute atomic E-state index is 0.0955. The first-order valence-electron chi connectivity index (χ1n) is 5.20. The van der Waals surface area contributed by atoms with Crippen molar-refractivity contribution in [2.24, 2.45) is 0 Å². The number of benzene rings is 1. The van der Waals surface area contributed by atoms with Gasteiger partial charge in [0.1, 0.15) is 0 Å². The van der Waals surface area contributed by atoms with Crippen molar-refractivity contribution in [3.05, 3.63) is 35.4 Å². The second-order valence-electron chi connectivity index (χ2n) is 4.36. The highest BCUT2D eigenvalue weighted by Crippen LogP contribution is 2.45. The maximum Gasteiger partial charge on any atom is 0.251 e. The molecule has 0 aromatic heterocycles. The van der Waals surface area contributed by atoms with Crippen LogP contribution in [0.5, 0.6) is 0 Å². The smallest absolute Gasteiger partial charge is 0.251 e. The molecule has 1 saturated carbocycles. The van der Waals surface area contributed by atoms with Crippen LogP contribution in [0.4, 0.5) is 0 Å². The van der Waals surface area contributed by atoms with Crippen LogP contribution in [-0.2, 0) is 5.41 Å². The molecule has 1 aliphatic heterocycles. The minimum atomic E-state index is 0.0955. The Morgan fingerprint density at radius 2 is 2.00 bits per heavy atom. The van der Waals surface area contributed by atoms with E-state index in [0.717, 1.165) is 12.1 Å². The molecule has 3 rings (SSSR count). The van der Waals surface area contributed by atoms with Gasteiger partial charge in [0.15, 0.2) is 0 Å². The molecule has 0 saturated heterocycles. The van der Waals surface area contributed by atoms with Crippen molar-refractivity contribution in [3.8, 4) is 0 Å². The van der Waals surface area contributed by atoms with Gasteiger partial charge in [-0.2, -0.15) is 0 Å². The van der Waals surface area contributed by atoms with Crippen LogP contribution < -0.4 is 5.32 Å². The summed E-state index contributed by atoms with van der Waals surface area (Å²) < 4.78 is 0. The van der Waals surface area contributed by atoms with Gasteiger partial charge in [0.05, 0.1) is 0 Å². The molecule has 2 aliphatic rings. The Labute approximate surface area is 83.3 Å². The zero-order chi connectivity index (χ0) is 9.60. The molecule has 1 spiro atoms. The molecule has 0 radical (unpaired) electrons. The molecule has 1 fully saturated rings. The summed E-state index contributed by atoms with van der Waals surface area (Å²) >= 11 is 0. The van der Waals surface area contributed by atoms with Crippen LogP contribution in [-0.4, -0.2) is 12.5 Å². The summed E-state index contributed by atoms with van der Waals surface area (Å²) in [5.74, 6) is 0.0955. The minimum Gasteiger partial charge on any atom is -0.351 e. The van der Waals surface area contributed by atoms with Crippen LogP contribution in [0.3, 0.4) is 0 Å². The lowest BCUT2D eigenvalue weighted by atomic mass is 9.62. The van der Waals surface area contributed by atoms with Gasteiger partial charge in [-0.3, -0.25) is 4.79 Å². The highest BCUT2D eigenvalue weighted by molar-refractivity contribution is 5.97. The summed E-state index contributed by atoms with van der Waals surface area (Å²) in [5, 5.41) is 2.99. The van der Waals surface area contributed by atoms with Crippen molar-refractivity contribution in [2.75, 3.05) is 6.54 Å². The third-order valence-electron chi connectivity index (χ3n) is 3.64. The first kappa shape index (κ1) is 8.04. The normalized spacial score (nSPS) is 22.4. The molecule has 1 aliphatic carbocycles. The van der Waals surface area contributed by atoms with Crippen molar-refractivity contribution < 1.29 is 4.79 Å². The second-order valence-corrected chi connectivity index (χ2v) is 4.36. The Hall–Kier alpha value is -1.31. The van der Waals surface area contributed by atoms with E-state index in [-0.39, 0.29) is 11.3 Å². The zero-order valence-corrected chi connectivity index (χ0v) is 8.05. The SMILES string of the molecule is O=C1NCC2(CCC2)c2ccccc21. The first-order valence-corrected chi connectivity index (χ1v) is 5.20. The Morgan fingerprint density at radius 1 is 1.21 bits per heavy atom. The van der Waals surface area contributed by atoms with Crippen LogP contribution >= 0.6 is 0 Å². The molecule has 0 unspecified atom stereocenters. The lowest BCUT2D eigenvalue weighted by Crippen LogP contribution is -2.50. The molecule has 14 heavy (non-hydrogen) atoms. The van der Waals surface area contributed by atoms with E-state index >= 15 is 0 Å². The Balaban J connectivity index is 2.17. The van der Waals surface area contributed by atoms with Gasteiger partial charge in [-0.15, -0.1) is 0 Å². The lowest BCUT2D eigenvalue weighted by molar-refractivity contribution is 0.0896. The number of carbonyl (C=O) groups excluding carboxylic acids is 1. The topological polar surface area (TPSA) is 29.1 Å². The maximum absolute atomic E-state index is 11.6. The van der Waals surface area contributed by atoms with E-state index in [1.807, 2.05) is 18.2 Å². The summed E-state index contributed by atoms with van der Waals surface area (Å²) in [5.41, 5.74) is 2.44. The molecule has 1 N–H and O–H groups in total. The highest BCUT2D eigenvalue weighted by Gasteiger charge is 2.43. The molecule has 72 valence electrons. The zero-order valence-electron chi connectivity index (χ0n) is 8.05. The predicted molar refractivity (Wildman–Crippen MR) is 54.3 cm³/mol. The fourth-order valence-electron chi connectivity index (χ4n) is 2.63. The van der Waals surface area contributed by atoms with Gasteiger partial charge in [0.2, 0.25) is 0 Å². The second kappa shape index (κ2) is 2.59. The van der Waals surface area contributed by atoms with Gasteiger partial charge in [0, 0.05) is 17.5 Å². The van der Waals surface area contributed by atoms with Gasteiger partial charge >= 0.3 is 0 Å². The fourth-order valence-corrected chi connectivity index (χ4v) is 2.63. The van der Waals surface area contributed by atoms with E-state index in [1.165, 1.54) is 24.8 Å². The number of nitrogens with one attached hydrogen (secondary N) is 1. The van der Waals surface area contributed by atoms with Crippen LogP contribution in [0.25, 0.3) is 0 Å². The third kappa shape index (κ3) is 0.884. The third-order valence-corrected chi connectivity index (χ3v) is 3.64. The summed E-state index contributed by atoms with van der Waals surface area (Å²) in [4.78, 5) is 11.6. The van der Waals surface area contributed by atoms with Crippen LogP contribution in [0.2, 0.25) is 0 Å². The molecule has 1 amide bonds. The molecule has 2 nitrogen and oxygen atoms in total. The van der Waals surface area contributed by atoms with Crippen molar-refractivity contribution in [1.29, 1.82) is 0 Å². The monoisotopic (exact) mass is 187 g/mol. The van der Waals surface area contributed by atoms with Crippen molar-refractivity contribution >= 4 is 5.91 Å². The molecule has 1 heterocycles. The summed E-state index contributed by atoms with van der Waals surface area (Å²) in [6.07, 6.45) is 3.75. The van der Waals surface area contributed by atoms with Crippen molar-refractivity contribution in [3.63, 3.8) is 0 Å². The molecule has 1 aromatic carbocycles. The number of amides is 1. The van der Waals surface area contributed by atoms with E-state index in [0.29, 0.717) is 0 Å². The first-order chi connectivity index (χ1) is 6.82. The Kier molecular flexibility index (Phi) is 1.49.